The van der Waals surface area contributed by atoms with Crippen LogP contribution in [0.25, 0.3) is 0 Å². The summed E-state index contributed by atoms with van der Waals surface area (Å²) in [6.45, 7) is 6.05. The van der Waals surface area contributed by atoms with Gasteiger partial charge in [-0.25, -0.2) is 4.99 Å². The predicted octanol–water partition coefficient (Wildman–Crippen LogP) is 2.23. The number of hydrogen-bond acceptors (Lipinski definition) is 3. The van der Waals surface area contributed by atoms with Gasteiger partial charge in [-0.05, 0) is 37.0 Å². The van der Waals surface area contributed by atoms with E-state index in [2.05, 4.69) is 32.9 Å². The summed E-state index contributed by atoms with van der Waals surface area (Å²) in [6.07, 6.45) is 5.95. The number of aliphatic imine (C=N–C) groups is 1. The first kappa shape index (κ1) is 22.2. The molecule has 1 aromatic carbocycles. The summed E-state index contributed by atoms with van der Waals surface area (Å²) in [5.74, 6) is 0.802. The lowest BCUT2D eigenvalue weighted by molar-refractivity contribution is -0.128. The number of benzene rings is 1. The van der Waals surface area contributed by atoms with Crippen molar-refractivity contribution in [1.29, 1.82) is 0 Å². The van der Waals surface area contributed by atoms with Crippen molar-refractivity contribution in [3.8, 4) is 0 Å². The fourth-order valence-electron chi connectivity index (χ4n) is 3.18. The molecule has 7 nitrogen and oxygen atoms in total. The fraction of sp³-hybridized carbons (Fsp3) is 0.450. The summed E-state index contributed by atoms with van der Waals surface area (Å²) in [5, 5.41) is 10.7. The van der Waals surface area contributed by atoms with Crippen molar-refractivity contribution in [3.63, 3.8) is 0 Å². The van der Waals surface area contributed by atoms with Crippen LogP contribution in [0.5, 0.6) is 0 Å². The van der Waals surface area contributed by atoms with Crippen LogP contribution >= 0.6 is 24.0 Å². The van der Waals surface area contributed by atoms with Crippen LogP contribution in [0.15, 0.2) is 47.7 Å². The zero-order valence-corrected chi connectivity index (χ0v) is 18.6. The number of nitrogens with zero attached hydrogens (tertiary/aromatic N) is 4. The minimum atomic E-state index is 0. The van der Waals surface area contributed by atoms with E-state index in [-0.39, 0.29) is 36.4 Å². The standard InChI is InChI=1S/C20H28N6O.HI/c1-2-21-20(23-15-19(27)25-11-5-6-12-25)22-14-17-8-3-4-9-18(17)16-26-13-7-10-24-26;/h3-4,7-10,13H,2,5-6,11-12,14-16H2,1H3,(H2,21,22,23);1H. The lowest BCUT2D eigenvalue weighted by atomic mass is 10.1. The van der Waals surface area contributed by atoms with E-state index in [4.69, 9.17) is 0 Å². The Morgan fingerprint density at radius 1 is 1.14 bits per heavy atom. The van der Waals surface area contributed by atoms with Gasteiger partial charge in [-0.2, -0.15) is 5.10 Å². The highest BCUT2D eigenvalue weighted by atomic mass is 127. The first-order valence-corrected chi connectivity index (χ1v) is 9.60. The third kappa shape index (κ3) is 6.50. The molecule has 2 N–H and O–H groups in total. The van der Waals surface area contributed by atoms with Crippen LogP contribution in [0, 0.1) is 0 Å². The molecule has 1 aromatic heterocycles. The minimum absolute atomic E-state index is 0. The second-order valence-electron chi connectivity index (χ2n) is 6.61. The van der Waals surface area contributed by atoms with Crippen molar-refractivity contribution in [2.45, 2.75) is 32.9 Å². The monoisotopic (exact) mass is 496 g/mol. The molecule has 0 bridgehead atoms. The van der Waals surface area contributed by atoms with Gasteiger partial charge in [0.05, 0.1) is 19.6 Å². The van der Waals surface area contributed by atoms with Crippen LogP contribution in [-0.4, -0.2) is 52.7 Å². The van der Waals surface area contributed by atoms with E-state index < -0.39 is 0 Å². The lowest BCUT2D eigenvalue weighted by Crippen LogP contribution is -2.44. The minimum Gasteiger partial charge on any atom is -0.357 e. The van der Waals surface area contributed by atoms with Gasteiger partial charge >= 0.3 is 0 Å². The van der Waals surface area contributed by atoms with E-state index in [1.807, 2.05) is 40.9 Å². The predicted molar refractivity (Wildman–Crippen MR) is 122 cm³/mol. The number of halogens is 1. The Morgan fingerprint density at radius 3 is 2.57 bits per heavy atom. The first-order chi connectivity index (χ1) is 13.3. The number of guanidine groups is 1. The number of likely N-dealkylation sites (tertiary alicyclic amines) is 1. The van der Waals surface area contributed by atoms with Crippen molar-refractivity contribution in [1.82, 2.24) is 25.3 Å². The molecule has 1 aliphatic rings. The SMILES string of the molecule is CCNC(=NCc1ccccc1Cn1cccn1)NCC(=O)N1CCCC1.I. The number of carbonyl (C=O) groups excluding carboxylic acids is 1. The molecule has 152 valence electrons. The summed E-state index contributed by atoms with van der Waals surface area (Å²) in [5.41, 5.74) is 2.34. The second-order valence-corrected chi connectivity index (χ2v) is 6.61. The van der Waals surface area contributed by atoms with Gasteiger partial charge < -0.3 is 15.5 Å². The molecule has 2 aromatic rings. The largest absolute Gasteiger partial charge is 0.357 e. The van der Waals surface area contributed by atoms with E-state index in [1.165, 1.54) is 5.56 Å². The Hall–Kier alpha value is -2.10. The Labute approximate surface area is 183 Å². The summed E-state index contributed by atoms with van der Waals surface area (Å²) in [4.78, 5) is 18.8. The van der Waals surface area contributed by atoms with E-state index >= 15 is 0 Å². The number of hydrogen-bond donors (Lipinski definition) is 2. The quantitative estimate of drug-likeness (QED) is 0.351. The molecule has 1 saturated heterocycles. The third-order valence-corrected chi connectivity index (χ3v) is 4.63. The molecular formula is C20H29IN6O. The van der Waals surface area contributed by atoms with Gasteiger partial charge in [0, 0.05) is 32.0 Å². The van der Waals surface area contributed by atoms with Crippen LogP contribution in [0.2, 0.25) is 0 Å². The van der Waals surface area contributed by atoms with Crippen LogP contribution in [0.1, 0.15) is 30.9 Å². The van der Waals surface area contributed by atoms with Crippen LogP contribution in [-0.2, 0) is 17.9 Å². The highest BCUT2D eigenvalue weighted by Gasteiger charge is 2.17. The van der Waals surface area contributed by atoms with Crippen molar-refractivity contribution in [2.24, 2.45) is 4.99 Å². The molecule has 0 unspecified atom stereocenters. The topological polar surface area (TPSA) is 74.5 Å². The smallest absolute Gasteiger partial charge is 0.241 e. The summed E-state index contributed by atoms with van der Waals surface area (Å²) in [6, 6.07) is 10.2. The zero-order chi connectivity index (χ0) is 18.9. The Kier molecular flexibility index (Phi) is 9.26. The number of rotatable bonds is 7. The molecule has 0 radical (unpaired) electrons. The number of carbonyl (C=O) groups is 1. The Balaban J connectivity index is 0.00000280. The van der Waals surface area contributed by atoms with Gasteiger partial charge in [0.1, 0.15) is 0 Å². The number of aromatic nitrogens is 2. The molecular weight excluding hydrogens is 467 g/mol. The molecule has 0 spiro atoms. The molecule has 1 fully saturated rings. The van der Waals surface area contributed by atoms with E-state index in [0.717, 1.165) is 44.6 Å². The normalized spacial score (nSPS) is 13.9. The molecule has 1 aliphatic heterocycles. The zero-order valence-electron chi connectivity index (χ0n) is 16.3. The third-order valence-electron chi connectivity index (χ3n) is 4.63. The van der Waals surface area contributed by atoms with E-state index in [9.17, 15) is 4.79 Å². The molecule has 3 rings (SSSR count). The highest BCUT2D eigenvalue weighted by molar-refractivity contribution is 14.0. The highest BCUT2D eigenvalue weighted by Crippen LogP contribution is 2.12. The molecule has 0 saturated carbocycles. The molecule has 8 heteroatoms. The van der Waals surface area contributed by atoms with Gasteiger partial charge in [0.25, 0.3) is 0 Å². The van der Waals surface area contributed by atoms with Gasteiger partial charge in [-0.15, -0.1) is 24.0 Å². The van der Waals surface area contributed by atoms with Crippen LogP contribution in [0.3, 0.4) is 0 Å². The van der Waals surface area contributed by atoms with Crippen LogP contribution < -0.4 is 10.6 Å². The number of nitrogens with one attached hydrogen (secondary N) is 2. The average Bonchev–Trinajstić information content (AvgIpc) is 3.39. The lowest BCUT2D eigenvalue weighted by Gasteiger charge is -2.17. The number of amides is 1. The van der Waals surface area contributed by atoms with Crippen molar-refractivity contribution >= 4 is 35.8 Å². The Morgan fingerprint density at radius 2 is 1.89 bits per heavy atom. The van der Waals surface area contributed by atoms with Gasteiger partial charge in [-0.3, -0.25) is 9.48 Å². The summed E-state index contributed by atoms with van der Waals surface area (Å²) < 4.78 is 1.90. The maximum Gasteiger partial charge on any atom is 0.241 e. The molecule has 28 heavy (non-hydrogen) atoms. The molecule has 0 aliphatic carbocycles. The van der Waals surface area contributed by atoms with Crippen molar-refractivity contribution in [3.05, 3.63) is 53.9 Å². The van der Waals surface area contributed by atoms with Gasteiger partial charge in [0.15, 0.2) is 5.96 Å². The van der Waals surface area contributed by atoms with Crippen LogP contribution in [0.4, 0.5) is 0 Å². The second kappa shape index (κ2) is 11.7. The van der Waals surface area contributed by atoms with E-state index in [1.54, 1.807) is 6.20 Å². The molecule has 1 amide bonds. The van der Waals surface area contributed by atoms with Crippen molar-refractivity contribution < 1.29 is 4.79 Å². The molecule has 0 atom stereocenters. The van der Waals surface area contributed by atoms with E-state index in [0.29, 0.717) is 12.5 Å². The van der Waals surface area contributed by atoms with Gasteiger partial charge in [-0.1, -0.05) is 24.3 Å². The molecule has 2 heterocycles. The maximum absolute atomic E-state index is 12.2. The first-order valence-electron chi connectivity index (χ1n) is 9.60. The fourth-order valence-corrected chi connectivity index (χ4v) is 3.18. The van der Waals surface area contributed by atoms with Crippen molar-refractivity contribution in [2.75, 3.05) is 26.2 Å². The average molecular weight is 496 g/mol. The Bertz CT molecular complexity index is 756. The maximum atomic E-state index is 12.2. The van der Waals surface area contributed by atoms with Gasteiger partial charge in [0.2, 0.25) is 5.91 Å². The summed E-state index contributed by atoms with van der Waals surface area (Å²) in [7, 11) is 0. The summed E-state index contributed by atoms with van der Waals surface area (Å²) >= 11 is 0.